The van der Waals surface area contributed by atoms with Gasteiger partial charge >= 0.3 is 12.1 Å². The normalized spacial score (nSPS) is 9.92. The van der Waals surface area contributed by atoms with E-state index in [1.165, 1.54) is 0 Å². The summed E-state index contributed by atoms with van der Waals surface area (Å²) in [6.45, 7) is 3.35. The van der Waals surface area contributed by atoms with E-state index >= 15 is 0 Å². The van der Waals surface area contributed by atoms with E-state index in [4.69, 9.17) is 14.2 Å². The van der Waals surface area contributed by atoms with E-state index in [-0.39, 0.29) is 13.3 Å². The minimum atomic E-state index is -0.704. The van der Waals surface area contributed by atoms with Gasteiger partial charge in [0.1, 0.15) is 11.5 Å². The van der Waals surface area contributed by atoms with Gasteiger partial charge in [-0.1, -0.05) is 35.9 Å². The topological polar surface area (TPSA) is 73.9 Å². The molecule has 0 aliphatic rings. The third kappa shape index (κ3) is 5.64. The van der Waals surface area contributed by atoms with Crippen molar-refractivity contribution in [3.63, 3.8) is 0 Å². The molecule has 2 aromatic rings. The molecule has 0 radical (unpaired) electrons. The summed E-state index contributed by atoms with van der Waals surface area (Å²) >= 11 is 0. The van der Waals surface area contributed by atoms with Gasteiger partial charge in [-0.15, -0.1) is 0 Å². The maximum absolute atomic E-state index is 11.6. The number of aryl methyl sites for hydroxylation is 2. The van der Waals surface area contributed by atoms with Gasteiger partial charge in [0.25, 0.3) is 0 Å². The molecule has 6 nitrogen and oxygen atoms in total. The van der Waals surface area contributed by atoms with Crippen LogP contribution in [0, 0.1) is 13.8 Å². The molecule has 2 rings (SSSR count). The quantitative estimate of drug-likeness (QED) is 0.651. The van der Waals surface area contributed by atoms with Crippen molar-refractivity contribution in [1.82, 2.24) is 5.32 Å². The molecular weight excluding hydrogens is 310 g/mol. The SMILES string of the molecule is Cc1ccc(OCC(=O)OCNC(=O)Oc2ccccc2)c(C)c1. The Morgan fingerprint density at radius 2 is 1.79 bits per heavy atom. The maximum Gasteiger partial charge on any atom is 0.415 e. The van der Waals surface area contributed by atoms with Gasteiger partial charge in [-0.25, -0.2) is 9.59 Å². The predicted octanol–water partition coefficient (Wildman–Crippen LogP) is 2.97. The summed E-state index contributed by atoms with van der Waals surface area (Å²) in [6, 6.07) is 14.2. The number of hydrogen-bond donors (Lipinski definition) is 1. The van der Waals surface area contributed by atoms with Crippen LogP contribution in [-0.2, 0) is 9.53 Å². The fraction of sp³-hybridized carbons (Fsp3) is 0.222. The molecule has 0 fully saturated rings. The van der Waals surface area contributed by atoms with Crippen LogP contribution in [0.5, 0.6) is 11.5 Å². The molecular formula is C18H19NO5. The van der Waals surface area contributed by atoms with Gasteiger partial charge < -0.3 is 14.2 Å². The number of carbonyl (C=O) groups is 2. The maximum atomic E-state index is 11.6. The summed E-state index contributed by atoms with van der Waals surface area (Å²) in [5.74, 6) is 0.434. The molecule has 0 saturated heterocycles. The van der Waals surface area contributed by atoms with Gasteiger partial charge in [-0.05, 0) is 37.6 Å². The van der Waals surface area contributed by atoms with Crippen LogP contribution in [-0.4, -0.2) is 25.4 Å². The smallest absolute Gasteiger partial charge is 0.415 e. The zero-order valence-electron chi connectivity index (χ0n) is 13.6. The van der Waals surface area contributed by atoms with Gasteiger partial charge in [-0.2, -0.15) is 0 Å². The van der Waals surface area contributed by atoms with Crippen LogP contribution >= 0.6 is 0 Å². The van der Waals surface area contributed by atoms with Gasteiger partial charge in [0, 0.05) is 0 Å². The molecule has 0 aromatic heterocycles. The lowest BCUT2D eigenvalue weighted by molar-refractivity contribution is -0.146. The minimum absolute atomic E-state index is 0.237. The lowest BCUT2D eigenvalue weighted by Gasteiger charge is -2.10. The summed E-state index contributed by atoms with van der Waals surface area (Å²) in [5, 5.41) is 2.32. The Balaban J connectivity index is 1.67. The van der Waals surface area contributed by atoms with Gasteiger partial charge in [0.15, 0.2) is 13.3 Å². The lowest BCUT2D eigenvalue weighted by Crippen LogP contribution is -2.31. The second kappa shape index (κ2) is 8.57. The van der Waals surface area contributed by atoms with Crippen molar-refractivity contribution in [2.24, 2.45) is 0 Å². The summed E-state index contributed by atoms with van der Waals surface area (Å²) in [6.07, 6.45) is -0.704. The molecule has 24 heavy (non-hydrogen) atoms. The summed E-state index contributed by atoms with van der Waals surface area (Å²) in [5.41, 5.74) is 2.05. The number of ether oxygens (including phenoxy) is 3. The van der Waals surface area contributed by atoms with Crippen LogP contribution in [0.2, 0.25) is 0 Å². The largest absolute Gasteiger partial charge is 0.482 e. The Hall–Kier alpha value is -3.02. The highest BCUT2D eigenvalue weighted by Crippen LogP contribution is 2.18. The molecule has 126 valence electrons. The number of nitrogens with one attached hydrogen (secondary N) is 1. The van der Waals surface area contributed by atoms with E-state index in [0.29, 0.717) is 11.5 Å². The molecule has 1 N–H and O–H groups in total. The molecule has 0 unspecified atom stereocenters. The average Bonchev–Trinajstić information content (AvgIpc) is 2.55. The number of esters is 1. The van der Waals surface area contributed by atoms with Crippen LogP contribution < -0.4 is 14.8 Å². The molecule has 0 atom stereocenters. The molecule has 2 aromatic carbocycles. The van der Waals surface area contributed by atoms with E-state index < -0.39 is 12.1 Å². The highest BCUT2D eigenvalue weighted by atomic mass is 16.6. The summed E-state index contributed by atoms with van der Waals surface area (Å²) in [4.78, 5) is 23.1. The highest BCUT2D eigenvalue weighted by Gasteiger charge is 2.08. The Morgan fingerprint density at radius 1 is 1.04 bits per heavy atom. The van der Waals surface area contributed by atoms with E-state index in [1.54, 1.807) is 30.3 Å². The Kier molecular flexibility index (Phi) is 6.19. The van der Waals surface area contributed by atoms with Gasteiger partial charge in [0.2, 0.25) is 0 Å². The molecule has 0 spiro atoms. The number of hydrogen-bond acceptors (Lipinski definition) is 5. The Bertz CT molecular complexity index is 700. The third-order valence-electron chi connectivity index (χ3n) is 3.08. The highest BCUT2D eigenvalue weighted by molar-refractivity contribution is 5.72. The van der Waals surface area contributed by atoms with Gasteiger partial charge in [0.05, 0.1) is 0 Å². The number of benzene rings is 2. The first-order chi connectivity index (χ1) is 11.5. The van der Waals surface area contributed by atoms with Crippen LogP contribution in [0.15, 0.2) is 48.5 Å². The average molecular weight is 329 g/mol. The molecule has 0 saturated carbocycles. The van der Waals surface area contributed by atoms with E-state index in [9.17, 15) is 9.59 Å². The molecule has 0 aliphatic heterocycles. The standard InChI is InChI=1S/C18H19NO5/c1-13-8-9-16(14(2)10-13)22-11-17(20)23-12-19-18(21)24-15-6-4-3-5-7-15/h3-10H,11-12H2,1-2H3,(H,19,21). The summed E-state index contributed by atoms with van der Waals surface area (Å²) in [7, 11) is 0. The van der Waals surface area contributed by atoms with E-state index in [0.717, 1.165) is 11.1 Å². The van der Waals surface area contributed by atoms with Crippen molar-refractivity contribution in [2.75, 3.05) is 13.3 Å². The van der Waals surface area contributed by atoms with Gasteiger partial charge in [-0.3, -0.25) is 5.32 Å². The number of para-hydroxylation sites is 1. The second-order valence-corrected chi connectivity index (χ2v) is 5.10. The number of carbonyl (C=O) groups excluding carboxylic acids is 2. The number of amides is 1. The molecule has 6 heteroatoms. The van der Waals surface area contributed by atoms with Crippen molar-refractivity contribution in [3.8, 4) is 11.5 Å². The van der Waals surface area contributed by atoms with E-state index in [2.05, 4.69) is 5.32 Å². The van der Waals surface area contributed by atoms with Crippen LogP contribution in [0.1, 0.15) is 11.1 Å². The zero-order valence-corrected chi connectivity index (χ0v) is 13.6. The van der Waals surface area contributed by atoms with Crippen molar-refractivity contribution in [1.29, 1.82) is 0 Å². The Labute approximate surface area is 140 Å². The minimum Gasteiger partial charge on any atom is -0.482 e. The Morgan fingerprint density at radius 3 is 2.50 bits per heavy atom. The van der Waals surface area contributed by atoms with Crippen LogP contribution in [0.4, 0.5) is 4.79 Å². The third-order valence-corrected chi connectivity index (χ3v) is 3.08. The van der Waals surface area contributed by atoms with Crippen molar-refractivity contribution in [2.45, 2.75) is 13.8 Å². The first-order valence-electron chi connectivity index (χ1n) is 7.41. The summed E-state index contributed by atoms with van der Waals surface area (Å²) < 4.78 is 15.2. The second-order valence-electron chi connectivity index (χ2n) is 5.10. The zero-order chi connectivity index (χ0) is 17.4. The monoisotopic (exact) mass is 329 g/mol. The fourth-order valence-corrected chi connectivity index (χ4v) is 1.95. The lowest BCUT2D eigenvalue weighted by atomic mass is 10.1. The van der Waals surface area contributed by atoms with Crippen molar-refractivity contribution in [3.05, 3.63) is 59.7 Å². The van der Waals surface area contributed by atoms with Crippen LogP contribution in [0.25, 0.3) is 0 Å². The molecule has 1 amide bonds. The fourth-order valence-electron chi connectivity index (χ4n) is 1.95. The van der Waals surface area contributed by atoms with Crippen molar-refractivity contribution >= 4 is 12.1 Å². The molecule has 0 aliphatic carbocycles. The van der Waals surface area contributed by atoms with E-state index in [1.807, 2.05) is 32.0 Å². The first-order valence-corrected chi connectivity index (χ1v) is 7.41. The van der Waals surface area contributed by atoms with Crippen LogP contribution in [0.3, 0.4) is 0 Å². The molecule has 0 heterocycles. The predicted molar refractivity (Wildman–Crippen MR) is 88.0 cm³/mol. The molecule has 0 bridgehead atoms. The number of rotatable bonds is 6. The van der Waals surface area contributed by atoms with Crippen molar-refractivity contribution < 1.29 is 23.8 Å². The first kappa shape index (κ1) is 17.3.